The summed E-state index contributed by atoms with van der Waals surface area (Å²) in [5, 5.41) is 14.2. The average Bonchev–Trinajstić information content (AvgIpc) is 3.06. The minimum atomic E-state index is -4.92. The molecule has 4 nitrogen and oxygen atoms in total. The molecule has 126 valence electrons. The maximum absolute atomic E-state index is 13.2. The van der Waals surface area contributed by atoms with Crippen molar-refractivity contribution in [3.63, 3.8) is 0 Å². The smallest absolute Gasteiger partial charge is 0.424 e. The molecule has 8 heteroatoms. The van der Waals surface area contributed by atoms with E-state index in [-0.39, 0.29) is 12.3 Å². The molecule has 0 saturated carbocycles. The number of halogens is 3. The van der Waals surface area contributed by atoms with E-state index in [2.05, 4.69) is 5.32 Å². The first-order chi connectivity index (χ1) is 10.6. The molecule has 2 aromatic heterocycles. The van der Waals surface area contributed by atoms with Gasteiger partial charge in [-0.1, -0.05) is 0 Å². The van der Waals surface area contributed by atoms with Crippen LogP contribution in [0, 0.1) is 13.8 Å². The standard InChI is InChI=1S/C15H16F3NO3S/c1-9-5-8-23-12(9)13(20)19-7-6-14(21,15(16,17)18)11-4-3-10(2)22-11/h3-5,8,21H,6-7H2,1-2H3,(H,19,20)/t14-/m1/s1. The average molecular weight is 347 g/mol. The van der Waals surface area contributed by atoms with Crippen molar-refractivity contribution in [3.05, 3.63) is 45.5 Å². The Morgan fingerprint density at radius 3 is 2.48 bits per heavy atom. The molecule has 2 heterocycles. The van der Waals surface area contributed by atoms with Crippen molar-refractivity contribution in [2.24, 2.45) is 0 Å². The van der Waals surface area contributed by atoms with E-state index < -0.39 is 29.9 Å². The van der Waals surface area contributed by atoms with Crippen LogP contribution in [0.1, 0.15) is 33.2 Å². The third-order valence-electron chi connectivity index (χ3n) is 3.46. The number of carbonyl (C=O) groups is 1. The zero-order valence-corrected chi connectivity index (χ0v) is 13.3. The van der Waals surface area contributed by atoms with E-state index >= 15 is 0 Å². The highest BCUT2D eigenvalue weighted by Gasteiger charge is 2.56. The number of nitrogens with one attached hydrogen (secondary N) is 1. The summed E-state index contributed by atoms with van der Waals surface area (Å²) in [7, 11) is 0. The van der Waals surface area contributed by atoms with Gasteiger partial charge in [0.25, 0.3) is 5.91 Å². The maximum atomic E-state index is 13.2. The van der Waals surface area contributed by atoms with Crippen molar-refractivity contribution >= 4 is 17.2 Å². The van der Waals surface area contributed by atoms with Gasteiger partial charge in [0.05, 0.1) is 4.88 Å². The molecule has 0 fully saturated rings. The van der Waals surface area contributed by atoms with Gasteiger partial charge in [0, 0.05) is 13.0 Å². The van der Waals surface area contributed by atoms with Gasteiger partial charge in [-0.15, -0.1) is 11.3 Å². The Balaban J connectivity index is 2.08. The van der Waals surface area contributed by atoms with Crippen molar-refractivity contribution < 1.29 is 27.5 Å². The number of hydrogen-bond acceptors (Lipinski definition) is 4. The maximum Gasteiger partial charge on any atom is 0.424 e. The fourth-order valence-electron chi connectivity index (χ4n) is 2.10. The second kappa shape index (κ2) is 6.37. The summed E-state index contributed by atoms with van der Waals surface area (Å²) in [6.07, 6.45) is -5.65. The van der Waals surface area contributed by atoms with E-state index in [4.69, 9.17) is 4.42 Å². The summed E-state index contributed by atoms with van der Waals surface area (Å²) in [5.74, 6) is -0.775. The molecule has 0 aliphatic rings. The van der Waals surface area contributed by atoms with Gasteiger partial charge in [0.15, 0.2) is 0 Å². The SMILES string of the molecule is Cc1ccc([C@](O)(CCNC(=O)c2sccc2C)C(F)(F)F)o1. The molecule has 0 bridgehead atoms. The van der Waals surface area contributed by atoms with Crippen LogP contribution < -0.4 is 5.32 Å². The van der Waals surface area contributed by atoms with Crippen molar-refractivity contribution in [3.8, 4) is 0 Å². The minimum absolute atomic E-state index is 0.265. The lowest BCUT2D eigenvalue weighted by Gasteiger charge is -2.28. The molecule has 23 heavy (non-hydrogen) atoms. The van der Waals surface area contributed by atoms with E-state index in [1.165, 1.54) is 24.3 Å². The summed E-state index contributed by atoms with van der Waals surface area (Å²) in [6, 6.07) is 4.19. The van der Waals surface area contributed by atoms with Crippen LogP contribution in [0.3, 0.4) is 0 Å². The zero-order chi connectivity index (χ0) is 17.3. The van der Waals surface area contributed by atoms with Crippen LogP contribution in [0.5, 0.6) is 0 Å². The van der Waals surface area contributed by atoms with Gasteiger partial charge in [-0.3, -0.25) is 4.79 Å². The second-order valence-corrected chi connectivity index (χ2v) is 6.12. The van der Waals surface area contributed by atoms with Crippen molar-refractivity contribution in [2.45, 2.75) is 32.0 Å². The number of hydrogen-bond donors (Lipinski definition) is 2. The molecule has 0 aliphatic heterocycles. The predicted octanol–water partition coefficient (Wildman–Crippen LogP) is 3.53. The molecule has 0 saturated heterocycles. The summed E-state index contributed by atoms with van der Waals surface area (Å²) >= 11 is 1.21. The van der Waals surface area contributed by atoms with Crippen LogP contribution in [0.15, 0.2) is 28.0 Å². The van der Waals surface area contributed by atoms with Gasteiger partial charge in [-0.25, -0.2) is 0 Å². The highest BCUT2D eigenvalue weighted by Crippen LogP contribution is 2.42. The normalized spacial score (nSPS) is 14.5. The number of alkyl halides is 3. The first-order valence-electron chi connectivity index (χ1n) is 6.83. The number of amides is 1. The number of furan rings is 1. The van der Waals surface area contributed by atoms with E-state index in [1.54, 1.807) is 18.4 Å². The lowest BCUT2D eigenvalue weighted by Crippen LogP contribution is -2.44. The van der Waals surface area contributed by atoms with Gasteiger partial charge >= 0.3 is 6.18 Å². The third-order valence-corrected chi connectivity index (χ3v) is 4.47. The molecule has 1 amide bonds. The number of thiophene rings is 1. The highest BCUT2D eigenvalue weighted by molar-refractivity contribution is 7.12. The largest absolute Gasteiger partial charge is 0.463 e. The van der Waals surface area contributed by atoms with Crippen LogP contribution in [-0.2, 0) is 5.60 Å². The Labute approximate surface area is 134 Å². The predicted molar refractivity (Wildman–Crippen MR) is 79.4 cm³/mol. The summed E-state index contributed by atoms with van der Waals surface area (Å²) < 4.78 is 44.7. The lowest BCUT2D eigenvalue weighted by molar-refractivity contribution is -0.274. The fraction of sp³-hybridized carbons (Fsp3) is 0.400. The van der Waals surface area contributed by atoms with Crippen LogP contribution in [0.2, 0.25) is 0 Å². The number of aliphatic hydroxyl groups is 1. The van der Waals surface area contributed by atoms with E-state index in [1.807, 2.05) is 0 Å². The van der Waals surface area contributed by atoms with Crippen LogP contribution in [-0.4, -0.2) is 23.7 Å². The summed E-state index contributed by atoms with van der Waals surface area (Å²) in [4.78, 5) is 12.4. The lowest BCUT2D eigenvalue weighted by atomic mass is 9.95. The number of rotatable bonds is 5. The molecular weight excluding hydrogens is 331 g/mol. The molecule has 0 radical (unpaired) electrons. The van der Waals surface area contributed by atoms with Gasteiger partial charge < -0.3 is 14.8 Å². The Hall–Kier alpha value is -1.80. The number of aryl methyl sites for hydroxylation is 2. The molecule has 2 N–H and O–H groups in total. The molecule has 0 aliphatic carbocycles. The van der Waals surface area contributed by atoms with Crippen molar-refractivity contribution in [1.29, 1.82) is 0 Å². The van der Waals surface area contributed by atoms with Crippen LogP contribution >= 0.6 is 11.3 Å². The minimum Gasteiger partial charge on any atom is -0.463 e. The van der Waals surface area contributed by atoms with Gasteiger partial charge in [0.1, 0.15) is 11.5 Å². The Morgan fingerprint density at radius 2 is 2.00 bits per heavy atom. The summed E-state index contributed by atoms with van der Waals surface area (Å²) in [6.45, 7) is 2.89. The Kier molecular flexibility index (Phi) is 4.86. The molecule has 2 rings (SSSR count). The monoisotopic (exact) mass is 347 g/mol. The van der Waals surface area contributed by atoms with Crippen LogP contribution in [0.4, 0.5) is 13.2 Å². The van der Waals surface area contributed by atoms with E-state index in [0.717, 1.165) is 11.6 Å². The third kappa shape index (κ3) is 3.59. The number of carbonyl (C=O) groups excluding carboxylic acids is 1. The Morgan fingerprint density at radius 1 is 1.30 bits per heavy atom. The van der Waals surface area contributed by atoms with Gasteiger partial charge in [0.2, 0.25) is 5.60 Å². The second-order valence-electron chi connectivity index (χ2n) is 5.21. The first kappa shape index (κ1) is 17.6. The fourth-order valence-corrected chi connectivity index (χ4v) is 2.95. The highest BCUT2D eigenvalue weighted by atomic mass is 32.1. The zero-order valence-electron chi connectivity index (χ0n) is 12.5. The van der Waals surface area contributed by atoms with Crippen LogP contribution in [0.25, 0.3) is 0 Å². The molecule has 0 aromatic carbocycles. The first-order valence-corrected chi connectivity index (χ1v) is 7.71. The van der Waals surface area contributed by atoms with Gasteiger partial charge in [-0.05, 0) is 43.0 Å². The molecule has 2 aromatic rings. The molecular formula is C15H16F3NO3S. The van der Waals surface area contributed by atoms with Crippen molar-refractivity contribution in [1.82, 2.24) is 5.32 Å². The topological polar surface area (TPSA) is 62.5 Å². The molecule has 1 atom stereocenters. The van der Waals surface area contributed by atoms with E-state index in [9.17, 15) is 23.1 Å². The summed E-state index contributed by atoms with van der Waals surface area (Å²) in [5.41, 5.74) is -2.39. The van der Waals surface area contributed by atoms with Gasteiger partial charge in [-0.2, -0.15) is 13.2 Å². The molecule has 0 spiro atoms. The van der Waals surface area contributed by atoms with Crippen molar-refractivity contribution in [2.75, 3.05) is 6.54 Å². The van der Waals surface area contributed by atoms with E-state index in [0.29, 0.717) is 4.88 Å². The Bertz CT molecular complexity index is 692. The molecule has 0 unspecified atom stereocenters. The quantitative estimate of drug-likeness (QED) is 0.870.